The molecule has 4 nitrogen and oxygen atoms in total. The average molecular weight is 230 g/mol. The van der Waals surface area contributed by atoms with Crippen LogP contribution in [0, 0.1) is 5.41 Å². The summed E-state index contributed by atoms with van der Waals surface area (Å²) in [6.07, 6.45) is 5.39. The Bertz CT molecular complexity index is 219. The van der Waals surface area contributed by atoms with E-state index in [-0.39, 0.29) is 19.5 Å². The van der Waals surface area contributed by atoms with Crippen LogP contribution < -0.4 is 0 Å². The van der Waals surface area contributed by atoms with Gasteiger partial charge in [0.05, 0.1) is 13.2 Å². The molecule has 0 aromatic carbocycles. The number of rotatable bonds is 6. The molecule has 16 heavy (non-hydrogen) atoms. The van der Waals surface area contributed by atoms with Crippen LogP contribution in [0.1, 0.15) is 46.0 Å². The largest absolute Gasteiger partial charge is 0.481 e. The van der Waals surface area contributed by atoms with Gasteiger partial charge in [0.1, 0.15) is 5.41 Å². The summed E-state index contributed by atoms with van der Waals surface area (Å²) in [5, 5.41) is 8.97. The van der Waals surface area contributed by atoms with E-state index in [0.29, 0.717) is 0 Å². The lowest BCUT2D eigenvalue weighted by atomic mass is 9.92. The van der Waals surface area contributed by atoms with Gasteiger partial charge in [0, 0.05) is 0 Å². The lowest BCUT2D eigenvalue weighted by Crippen LogP contribution is -2.45. The summed E-state index contributed by atoms with van der Waals surface area (Å²) in [5.41, 5.74) is -0.875. The van der Waals surface area contributed by atoms with E-state index < -0.39 is 11.4 Å². The Balaban J connectivity index is 2.19. The first kappa shape index (κ1) is 13.5. The van der Waals surface area contributed by atoms with E-state index in [2.05, 4.69) is 6.92 Å². The summed E-state index contributed by atoms with van der Waals surface area (Å²) >= 11 is 0. The molecule has 0 amide bonds. The first-order valence-electron chi connectivity index (χ1n) is 6.05. The smallest absolute Gasteiger partial charge is 0.314 e. The molecule has 94 valence electrons. The van der Waals surface area contributed by atoms with Crippen LogP contribution in [0.25, 0.3) is 0 Å². The maximum absolute atomic E-state index is 10.9. The van der Waals surface area contributed by atoms with Gasteiger partial charge in [0.15, 0.2) is 6.29 Å². The Labute approximate surface area is 96.9 Å². The van der Waals surface area contributed by atoms with Crippen LogP contribution in [0.3, 0.4) is 0 Å². The van der Waals surface area contributed by atoms with Gasteiger partial charge in [-0.25, -0.2) is 0 Å². The van der Waals surface area contributed by atoms with Crippen molar-refractivity contribution in [3.63, 3.8) is 0 Å². The summed E-state index contributed by atoms with van der Waals surface area (Å²) in [4.78, 5) is 10.9. The first-order chi connectivity index (χ1) is 7.58. The number of carboxylic acid groups (broad SMARTS) is 1. The second-order valence-electron chi connectivity index (χ2n) is 4.77. The topological polar surface area (TPSA) is 55.8 Å². The molecule has 0 bridgehead atoms. The van der Waals surface area contributed by atoms with E-state index in [1.807, 2.05) is 0 Å². The minimum absolute atomic E-state index is 0.204. The third kappa shape index (κ3) is 3.76. The third-order valence-corrected chi connectivity index (χ3v) is 2.99. The van der Waals surface area contributed by atoms with Gasteiger partial charge in [-0.1, -0.05) is 26.2 Å². The molecule has 1 fully saturated rings. The molecule has 0 radical (unpaired) electrons. The summed E-state index contributed by atoms with van der Waals surface area (Å²) in [6, 6.07) is 0. The fraction of sp³-hybridized carbons (Fsp3) is 0.917. The van der Waals surface area contributed by atoms with E-state index >= 15 is 0 Å². The maximum Gasteiger partial charge on any atom is 0.314 e. The fourth-order valence-electron chi connectivity index (χ4n) is 1.67. The quantitative estimate of drug-likeness (QED) is 0.712. The van der Waals surface area contributed by atoms with E-state index in [9.17, 15) is 4.79 Å². The van der Waals surface area contributed by atoms with Crippen molar-refractivity contribution in [1.82, 2.24) is 0 Å². The number of aliphatic carboxylic acids is 1. The molecule has 1 aliphatic rings. The summed E-state index contributed by atoms with van der Waals surface area (Å²) in [6.45, 7) is 4.33. The molecule has 0 saturated carbocycles. The van der Waals surface area contributed by atoms with Crippen LogP contribution in [-0.2, 0) is 14.3 Å². The van der Waals surface area contributed by atoms with E-state index in [1.54, 1.807) is 6.92 Å². The highest BCUT2D eigenvalue weighted by Gasteiger charge is 2.39. The zero-order valence-electron chi connectivity index (χ0n) is 10.2. The van der Waals surface area contributed by atoms with Crippen LogP contribution in [0.4, 0.5) is 0 Å². The Hall–Kier alpha value is -0.610. The van der Waals surface area contributed by atoms with Crippen molar-refractivity contribution in [2.75, 3.05) is 13.2 Å². The van der Waals surface area contributed by atoms with E-state index in [4.69, 9.17) is 14.6 Å². The Morgan fingerprint density at radius 2 is 1.94 bits per heavy atom. The lowest BCUT2D eigenvalue weighted by molar-refractivity contribution is -0.232. The van der Waals surface area contributed by atoms with E-state index in [0.717, 1.165) is 12.8 Å². The molecule has 1 heterocycles. The van der Waals surface area contributed by atoms with Crippen LogP contribution in [0.15, 0.2) is 0 Å². The van der Waals surface area contributed by atoms with Crippen LogP contribution >= 0.6 is 0 Å². The number of hydrogen-bond donors (Lipinski definition) is 1. The summed E-state index contributed by atoms with van der Waals surface area (Å²) in [5.74, 6) is -0.850. The summed E-state index contributed by atoms with van der Waals surface area (Å²) in [7, 11) is 0. The van der Waals surface area contributed by atoms with Crippen molar-refractivity contribution in [3.8, 4) is 0 Å². The van der Waals surface area contributed by atoms with Crippen molar-refractivity contribution in [3.05, 3.63) is 0 Å². The minimum atomic E-state index is -0.875. The normalized spacial score (nSPS) is 30.2. The zero-order valence-corrected chi connectivity index (χ0v) is 10.2. The predicted molar refractivity (Wildman–Crippen MR) is 60.2 cm³/mol. The Kier molecular flexibility index (Phi) is 5.22. The van der Waals surface area contributed by atoms with E-state index in [1.165, 1.54) is 19.3 Å². The lowest BCUT2D eigenvalue weighted by Gasteiger charge is -2.34. The molecule has 0 spiro atoms. The highest BCUT2D eigenvalue weighted by Crippen LogP contribution is 2.26. The summed E-state index contributed by atoms with van der Waals surface area (Å²) < 4.78 is 10.9. The van der Waals surface area contributed by atoms with Gasteiger partial charge in [-0.05, 0) is 19.8 Å². The van der Waals surface area contributed by atoms with Gasteiger partial charge in [-0.2, -0.15) is 0 Å². The van der Waals surface area contributed by atoms with Gasteiger partial charge in [-0.15, -0.1) is 0 Å². The average Bonchev–Trinajstić information content (AvgIpc) is 2.27. The number of ether oxygens (including phenoxy) is 2. The van der Waals surface area contributed by atoms with Crippen LogP contribution in [0.2, 0.25) is 0 Å². The predicted octanol–water partition coefficient (Wildman–Crippen LogP) is 2.42. The van der Waals surface area contributed by atoms with Crippen LogP contribution in [0.5, 0.6) is 0 Å². The highest BCUT2D eigenvalue weighted by molar-refractivity contribution is 5.74. The van der Waals surface area contributed by atoms with Crippen molar-refractivity contribution >= 4 is 5.97 Å². The first-order valence-corrected chi connectivity index (χ1v) is 6.05. The SMILES string of the molecule is CCCCCCC1OCC(C)(C(=O)O)CO1. The Morgan fingerprint density at radius 3 is 2.44 bits per heavy atom. The second-order valence-corrected chi connectivity index (χ2v) is 4.77. The van der Waals surface area contributed by atoms with Gasteiger partial charge in [0.25, 0.3) is 0 Å². The fourth-order valence-corrected chi connectivity index (χ4v) is 1.67. The molecule has 1 rings (SSSR count). The maximum atomic E-state index is 10.9. The van der Waals surface area contributed by atoms with Gasteiger partial charge in [-0.3, -0.25) is 4.79 Å². The molecule has 1 saturated heterocycles. The third-order valence-electron chi connectivity index (χ3n) is 2.99. The standard InChI is InChI=1S/C12H22O4/c1-3-4-5-6-7-10-15-8-12(2,9-16-10)11(13)14/h10H,3-9H2,1-2H3,(H,13,14). The molecular formula is C12H22O4. The molecule has 0 unspecified atom stereocenters. The molecular weight excluding hydrogens is 208 g/mol. The molecule has 0 aliphatic carbocycles. The van der Waals surface area contributed by atoms with Crippen molar-refractivity contribution in [2.45, 2.75) is 52.2 Å². The number of hydrogen-bond acceptors (Lipinski definition) is 3. The number of carbonyl (C=O) groups is 1. The molecule has 0 atom stereocenters. The van der Waals surface area contributed by atoms with Crippen LogP contribution in [-0.4, -0.2) is 30.6 Å². The monoisotopic (exact) mass is 230 g/mol. The molecule has 1 N–H and O–H groups in total. The van der Waals surface area contributed by atoms with Gasteiger partial charge < -0.3 is 14.6 Å². The molecule has 1 aliphatic heterocycles. The zero-order chi connectivity index (χ0) is 12.0. The highest BCUT2D eigenvalue weighted by atomic mass is 16.7. The second kappa shape index (κ2) is 6.21. The molecule has 0 aromatic rings. The van der Waals surface area contributed by atoms with Gasteiger partial charge in [0.2, 0.25) is 0 Å². The molecule has 0 aromatic heterocycles. The number of carboxylic acids is 1. The van der Waals surface area contributed by atoms with Gasteiger partial charge >= 0.3 is 5.97 Å². The molecule has 4 heteroatoms. The number of unbranched alkanes of at least 4 members (excludes halogenated alkanes) is 3. The van der Waals surface area contributed by atoms with Crippen molar-refractivity contribution < 1.29 is 19.4 Å². The minimum Gasteiger partial charge on any atom is -0.481 e. The van der Waals surface area contributed by atoms with Crippen molar-refractivity contribution in [2.24, 2.45) is 5.41 Å². The van der Waals surface area contributed by atoms with Crippen molar-refractivity contribution in [1.29, 1.82) is 0 Å². The Morgan fingerprint density at radius 1 is 1.31 bits per heavy atom.